The summed E-state index contributed by atoms with van der Waals surface area (Å²) in [5.74, 6) is -0.155. The van der Waals surface area contributed by atoms with E-state index in [-0.39, 0.29) is 10.7 Å². The van der Waals surface area contributed by atoms with E-state index in [9.17, 15) is 13.2 Å². The van der Waals surface area contributed by atoms with Crippen LogP contribution < -0.4 is 4.72 Å². The molecule has 0 heterocycles. The van der Waals surface area contributed by atoms with Crippen LogP contribution in [-0.2, 0) is 16.4 Å². The van der Waals surface area contributed by atoms with Crippen molar-refractivity contribution in [2.45, 2.75) is 32.1 Å². The minimum absolute atomic E-state index is 0.117. The van der Waals surface area contributed by atoms with Gasteiger partial charge in [-0.25, -0.2) is 13.1 Å². The monoisotopic (exact) mass is 331 g/mol. The molecule has 0 unspecified atom stereocenters. The second kappa shape index (κ2) is 7.06. The van der Waals surface area contributed by atoms with Gasteiger partial charge in [0.2, 0.25) is 10.0 Å². The summed E-state index contributed by atoms with van der Waals surface area (Å²) in [5, 5.41) is 0. The molecule has 4 nitrogen and oxygen atoms in total. The number of Topliss-reactive ketones (excluding diaryl/α,β-unsaturated/α-hetero) is 1. The minimum Gasteiger partial charge on any atom is -0.295 e. The number of hydrogen-bond donors (Lipinski definition) is 1. The fraction of sp³-hybridized carbons (Fsp3) is 0.278. The molecule has 0 aliphatic heterocycles. The van der Waals surface area contributed by atoms with Crippen molar-refractivity contribution in [2.24, 2.45) is 0 Å². The van der Waals surface area contributed by atoms with Gasteiger partial charge in [0.25, 0.3) is 0 Å². The second-order valence-corrected chi connectivity index (χ2v) is 7.43. The molecular formula is C18H21NO3S. The maximum Gasteiger partial charge on any atom is 0.240 e. The number of ketones is 1. The first kappa shape index (κ1) is 17.4. The fourth-order valence-electron chi connectivity index (χ4n) is 2.41. The Balaban J connectivity index is 2.07. The molecule has 2 aromatic carbocycles. The number of hydrogen-bond acceptors (Lipinski definition) is 3. The molecule has 0 spiro atoms. The van der Waals surface area contributed by atoms with Crippen LogP contribution in [0, 0.1) is 13.8 Å². The number of carbonyl (C=O) groups excluding carboxylic acids is 1. The first-order chi connectivity index (χ1) is 10.8. The molecule has 23 heavy (non-hydrogen) atoms. The van der Waals surface area contributed by atoms with Gasteiger partial charge in [-0.05, 0) is 50.5 Å². The van der Waals surface area contributed by atoms with Gasteiger partial charge in [0, 0.05) is 12.1 Å². The van der Waals surface area contributed by atoms with Crippen molar-refractivity contribution >= 4 is 15.8 Å². The quantitative estimate of drug-likeness (QED) is 0.828. The predicted molar refractivity (Wildman–Crippen MR) is 91.3 cm³/mol. The molecule has 0 bridgehead atoms. The lowest BCUT2D eigenvalue weighted by atomic mass is 10.0. The second-order valence-electron chi connectivity index (χ2n) is 5.66. The molecule has 2 aromatic rings. The average molecular weight is 331 g/mol. The van der Waals surface area contributed by atoms with E-state index < -0.39 is 10.0 Å². The van der Waals surface area contributed by atoms with E-state index in [2.05, 4.69) is 10.8 Å². The molecule has 0 amide bonds. The molecule has 0 aliphatic rings. The first-order valence-electron chi connectivity index (χ1n) is 7.46. The topological polar surface area (TPSA) is 63.2 Å². The van der Waals surface area contributed by atoms with Crippen LogP contribution >= 0.6 is 0 Å². The highest BCUT2D eigenvalue weighted by Gasteiger charge is 2.15. The van der Waals surface area contributed by atoms with Gasteiger partial charge >= 0.3 is 0 Å². The smallest absolute Gasteiger partial charge is 0.240 e. The van der Waals surface area contributed by atoms with Crippen LogP contribution in [0.4, 0.5) is 0 Å². The van der Waals surface area contributed by atoms with Crippen molar-refractivity contribution in [2.75, 3.05) is 6.54 Å². The number of aryl methyl sites for hydroxylation is 2. The van der Waals surface area contributed by atoms with Crippen LogP contribution in [0.15, 0.2) is 47.4 Å². The summed E-state index contributed by atoms with van der Waals surface area (Å²) < 4.78 is 27.2. The lowest BCUT2D eigenvalue weighted by Crippen LogP contribution is -2.26. The van der Waals surface area contributed by atoms with Gasteiger partial charge < -0.3 is 0 Å². The van der Waals surface area contributed by atoms with Crippen LogP contribution in [0.2, 0.25) is 0 Å². The maximum absolute atomic E-state index is 12.3. The van der Waals surface area contributed by atoms with Crippen LogP contribution in [0.5, 0.6) is 0 Å². The number of carbonyl (C=O) groups is 1. The molecule has 122 valence electrons. The van der Waals surface area contributed by atoms with Crippen LogP contribution in [0.25, 0.3) is 0 Å². The minimum atomic E-state index is -3.61. The fourth-order valence-corrected chi connectivity index (χ4v) is 3.49. The highest BCUT2D eigenvalue weighted by atomic mass is 32.2. The highest BCUT2D eigenvalue weighted by molar-refractivity contribution is 7.89. The molecule has 0 radical (unpaired) electrons. The van der Waals surface area contributed by atoms with Crippen molar-refractivity contribution in [3.8, 4) is 0 Å². The number of sulfonamides is 1. The Labute approximate surface area is 137 Å². The lowest BCUT2D eigenvalue weighted by molar-refractivity contribution is 0.101. The summed E-state index contributed by atoms with van der Waals surface area (Å²) in [5.41, 5.74) is 3.86. The molecule has 0 saturated heterocycles. The van der Waals surface area contributed by atoms with Gasteiger partial charge in [-0.15, -0.1) is 0 Å². The summed E-state index contributed by atoms with van der Waals surface area (Å²) in [6.07, 6.45) is 0.623. The summed E-state index contributed by atoms with van der Waals surface area (Å²) in [6, 6.07) is 12.2. The largest absolute Gasteiger partial charge is 0.295 e. The number of benzene rings is 2. The first-order valence-corrected chi connectivity index (χ1v) is 8.95. The van der Waals surface area contributed by atoms with E-state index in [1.165, 1.54) is 24.6 Å². The van der Waals surface area contributed by atoms with Crippen molar-refractivity contribution in [3.05, 3.63) is 64.7 Å². The third-order valence-corrected chi connectivity index (χ3v) is 5.19. The Morgan fingerprint density at radius 1 is 1.09 bits per heavy atom. The molecule has 0 fully saturated rings. The average Bonchev–Trinajstić information content (AvgIpc) is 2.49. The van der Waals surface area contributed by atoms with Gasteiger partial charge in [0.05, 0.1) is 4.90 Å². The van der Waals surface area contributed by atoms with Crippen molar-refractivity contribution in [1.82, 2.24) is 4.72 Å². The van der Waals surface area contributed by atoms with Gasteiger partial charge in [0.1, 0.15) is 0 Å². The standard InChI is InChI=1S/C18H21NO3S/c1-13-7-8-16(14(2)11-13)9-10-19-23(21,22)18-6-4-5-17(12-18)15(3)20/h4-8,11-12,19H,9-10H2,1-3H3. The van der Waals surface area contributed by atoms with Gasteiger partial charge in [-0.3, -0.25) is 4.79 Å². The predicted octanol–water partition coefficient (Wildman–Crippen LogP) is 3.03. The molecule has 5 heteroatoms. The number of nitrogens with one attached hydrogen (secondary N) is 1. The Morgan fingerprint density at radius 2 is 1.83 bits per heavy atom. The molecule has 0 atom stereocenters. The zero-order valence-electron chi connectivity index (χ0n) is 13.6. The lowest BCUT2D eigenvalue weighted by Gasteiger charge is -2.10. The molecule has 2 rings (SSSR count). The zero-order valence-corrected chi connectivity index (χ0v) is 14.4. The maximum atomic E-state index is 12.3. The summed E-state index contributed by atoms with van der Waals surface area (Å²) in [7, 11) is -3.61. The zero-order chi connectivity index (χ0) is 17.0. The van der Waals surface area contributed by atoms with E-state index in [0.717, 1.165) is 11.1 Å². The van der Waals surface area contributed by atoms with Crippen LogP contribution in [-0.4, -0.2) is 20.7 Å². The van der Waals surface area contributed by atoms with Gasteiger partial charge in [-0.2, -0.15) is 0 Å². The third kappa shape index (κ3) is 4.50. The highest BCUT2D eigenvalue weighted by Crippen LogP contribution is 2.13. The van der Waals surface area contributed by atoms with Crippen LogP contribution in [0.1, 0.15) is 34.0 Å². The van der Waals surface area contributed by atoms with E-state index >= 15 is 0 Å². The van der Waals surface area contributed by atoms with E-state index in [4.69, 9.17) is 0 Å². The molecule has 0 aromatic heterocycles. The summed E-state index contributed by atoms with van der Waals surface area (Å²) in [4.78, 5) is 11.5. The van der Waals surface area contributed by atoms with Crippen molar-refractivity contribution in [3.63, 3.8) is 0 Å². The van der Waals surface area contributed by atoms with E-state index in [1.54, 1.807) is 12.1 Å². The van der Waals surface area contributed by atoms with Gasteiger partial charge in [-0.1, -0.05) is 35.9 Å². The Morgan fingerprint density at radius 3 is 2.48 bits per heavy atom. The molecular weight excluding hydrogens is 310 g/mol. The van der Waals surface area contributed by atoms with Crippen molar-refractivity contribution in [1.29, 1.82) is 0 Å². The van der Waals surface area contributed by atoms with Gasteiger partial charge in [0.15, 0.2) is 5.78 Å². The summed E-state index contributed by atoms with van der Waals surface area (Å²) in [6.45, 7) is 5.78. The Hall–Kier alpha value is -1.98. The molecule has 1 N–H and O–H groups in total. The SMILES string of the molecule is CC(=O)c1cccc(S(=O)(=O)NCCc2ccc(C)cc2C)c1. The number of rotatable bonds is 6. The molecule has 0 aliphatic carbocycles. The van der Waals surface area contributed by atoms with Crippen LogP contribution in [0.3, 0.4) is 0 Å². The molecule has 0 saturated carbocycles. The van der Waals surface area contributed by atoms with Crippen molar-refractivity contribution < 1.29 is 13.2 Å². The Bertz CT molecular complexity index is 826. The van der Waals surface area contributed by atoms with E-state index in [0.29, 0.717) is 18.5 Å². The normalized spacial score (nSPS) is 11.4. The third-order valence-electron chi connectivity index (χ3n) is 3.74. The summed E-state index contributed by atoms with van der Waals surface area (Å²) >= 11 is 0. The van der Waals surface area contributed by atoms with E-state index in [1.807, 2.05) is 26.0 Å². The Kier molecular flexibility index (Phi) is 5.34.